The second-order valence-corrected chi connectivity index (χ2v) is 8.39. The number of hydrogen-bond donors (Lipinski definition) is 0. The largest absolute Gasteiger partial charge is 0.416 e. The minimum atomic E-state index is -4.52. The first kappa shape index (κ1) is 20.4. The molecule has 0 saturated carbocycles. The average molecular weight is 449 g/mol. The van der Waals surface area contributed by atoms with E-state index in [1.807, 2.05) is 0 Å². The fraction of sp³-hybridized carbons (Fsp3) is 0.150. The summed E-state index contributed by atoms with van der Waals surface area (Å²) in [7, 11) is 3.33. The normalized spacial score (nSPS) is 16.3. The number of hydrogen-bond acceptors (Lipinski definition) is 4. The molecule has 0 aliphatic carbocycles. The van der Waals surface area contributed by atoms with Gasteiger partial charge in [0, 0.05) is 14.1 Å². The molecule has 4 rings (SSSR count). The van der Waals surface area contributed by atoms with E-state index in [0.29, 0.717) is 11.1 Å². The summed E-state index contributed by atoms with van der Waals surface area (Å²) in [4.78, 5) is 26.3. The van der Waals surface area contributed by atoms with Crippen LogP contribution in [0.5, 0.6) is 0 Å². The number of benzene rings is 2. The van der Waals surface area contributed by atoms with E-state index in [1.54, 1.807) is 38.4 Å². The van der Waals surface area contributed by atoms with Crippen molar-refractivity contribution in [3.63, 3.8) is 0 Å². The molecule has 3 aromatic rings. The molecule has 154 valence electrons. The van der Waals surface area contributed by atoms with Crippen molar-refractivity contribution in [3.05, 3.63) is 69.0 Å². The zero-order valence-corrected chi connectivity index (χ0v) is 17.4. The lowest BCUT2D eigenvalue weighted by atomic mass is 10.1. The van der Waals surface area contributed by atoms with Gasteiger partial charge in [0.25, 0.3) is 5.91 Å². The Morgan fingerprint density at radius 3 is 2.40 bits per heavy atom. The maximum Gasteiger partial charge on any atom is 0.416 e. The van der Waals surface area contributed by atoms with E-state index in [2.05, 4.69) is 0 Å². The molecule has 0 unspecified atom stereocenters. The smallest absolute Gasteiger partial charge is 0.295 e. The van der Waals surface area contributed by atoms with E-state index in [1.165, 1.54) is 21.3 Å². The molecule has 0 bridgehead atoms. The zero-order chi connectivity index (χ0) is 21.8. The van der Waals surface area contributed by atoms with Crippen LogP contribution in [0.25, 0.3) is 17.1 Å². The van der Waals surface area contributed by atoms with Crippen molar-refractivity contribution in [1.82, 2.24) is 9.13 Å². The summed E-state index contributed by atoms with van der Waals surface area (Å²) in [5.74, 6) is -0.494. The van der Waals surface area contributed by atoms with Gasteiger partial charge in [-0.25, -0.2) is 4.79 Å². The maximum atomic E-state index is 13.0. The van der Waals surface area contributed by atoms with Crippen LogP contribution in [0.1, 0.15) is 11.1 Å². The number of rotatable bonds is 2. The van der Waals surface area contributed by atoms with Gasteiger partial charge >= 0.3 is 11.9 Å². The maximum absolute atomic E-state index is 13.0. The summed E-state index contributed by atoms with van der Waals surface area (Å²) in [5.41, 5.74) is 1.16. The molecule has 1 aliphatic heterocycles. The van der Waals surface area contributed by atoms with Crippen molar-refractivity contribution in [3.8, 4) is 0 Å². The zero-order valence-electron chi connectivity index (χ0n) is 15.7. The Morgan fingerprint density at radius 1 is 1.00 bits per heavy atom. The Kier molecular flexibility index (Phi) is 4.86. The van der Waals surface area contributed by atoms with Crippen molar-refractivity contribution in [2.75, 3.05) is 4.90 Å². The summed E-state index contributed by atoms with van der Waals surface area (Å²) in [6.45, 7) is 0. The van der Waals surface area contributed by atoms with Gasteiger partial charge in [-0.05, 0) is 42.0 Å². The number of aromatic nitrogens is 2. The number of imidazole rings is 1. The Labute approximate surface area is 178 Å². The molecule has 30 heavy (non-hydrogen) atoms. The van der Waals surface area contributed by atoms with Crippen molar-refractivity contribution in [2.24, 2.45) is 14.1 Å². The lowest BCUT2D eigenvalue weighted by Crippen LogP contribution is -2.27. The molecule has 0 radical (unpaired) electrons. The molecular weight excluding hydrogens is 435 g/mol. The van der Waals surface area contributed by atoms with Gasteiger partial charge in [-0.3, -0.25) is 18.8 Å². The topological polar surface area (TPSA) is 47.2 Å². The van der Waals surface area contributed by atoms with Crippen LogP contribution in [-0.4, -0.2) is 19.4 Å². The van der Waals surface area contributed by atoms with E-state index >= 15 is 0 Å². The summed E-state index contributed by atoms with van der Waals surface area (Å²) in [6.07, 6.45) is -2.91. The number of thioether (sulfide) groups is 1. The summed E-state index contributed by atoms with van der Waals surface area (Å²) < 4.78 is 42.2. The Morgan fingerprint density at radius 2 is 1.70 bits per heavy atom. The van der Waals surface area contributed by atoms with Gasteiger partial charge in [0.05, 0.1) is 27.2 Å². The minimum Gasteiger partial charge on any atom is -0.295 e. The molecule has 0 atom stereocenters. The van der Waals surface area contributed by atoms with Crippen LogP contribution >= 0.6 is 24.0 Å². The Balaban J connectivity index is 1.71. The SMILES string of the molecule is Cn1c(=O)n(C)c2cc(C=C3SC(=S)N(c4cccc(C(F)(F)F)c4)C3=O)ccc21. The monoisotopic (exact) mass is 449 g/mol. The van der Waals surface area contributed by atoms with E-state index in [9.17, 15) is 22.8 Å². The highest BCUT2D eigenvalue weighted by molar-refractivity contribution is 8.27. The van der Waals surface area contributed by atoms with Crippen LogP contribution in [0.2, 0.25) is 0 Å². The number of anilines is 1. The first-order chi connectivity index (χ1) is 14.1. The third kappa shape index (κ3) is 3.35. The Bertz CT molecular complexity index is 1300. The molecule has 5 nitrogen and oxygen atoms in total. The molecule has 2 heterocycles. The summed E-state index contributed by atoms with van der Waals surface area (Å²) >= 11 is 6.26. The highest BCUT2D eigenvalue weighted by Gasteiger charge is 2.36. The van der Waals surface area contributed by atoms with E-state index in [-0.39, 0.29) is 20.6 Å². The van der Waals surface area contributed by atoms with Crippen LogP contribution in [0.15, 0.2) is 52.2 Å². The molecule has 0 spiro atoms. The number of carbonyl (C=O) groups is 1. The molecule has 2 aromatic carbocycles. The number of nitrogens with zero attached hydrogens (tertiary/aromatic N) is 3. The van der Waals surface area contributed by atoms with Gasteiger partial charge in [-0.2, -0.15) is 13.2 Å². The highest BCUT2D eigenvalue weighted by atomic mass is 32.2. The second-order valence-electron chi connectivity index (χ2n) is 6.71. The van der Waals surface area contributed by atoms with Crippen LogP contribution in [0.3, 0.4) is 0 Å². The van der Waals surface area contributed by atoms with E-state index in [4.69, 9.17) is 12.2 Å². The van der Waals surface area contributed by atoms with Crippen molar-refractivity contribution < 1.29 is 18.0 Å². The third-order valence-corrected chi connectivity index (χ3v) is 6.12. The van der Waals surface area contributed by atoms with E-state index in [0.717, 1.165) is 34.3 Å². The van der Waals surface area contributed by atoms with Gasteiger partial charge in [-0.15, -0.1) is 0 Å². The van der Waals surface area contributed by atoms with Gasteiger partial charge in [0.1, 0.15) is 0 Å². The van der Waals surface area contributed by atoms with Crippen LogP contribution < -0.4 is 10.6 Å². The van der Waals surface area contributed by atoms with Crippen LogP contribution in [-0.2, 0) is 25.1 Å². The summed E-state index contributed by atoms with van der Waals surface area (Å²) in [6, 6.07) is 9.80. The fourth-order valence-corrected chi connectivity index (χ4v) is 4.58. The third-order valence-electron chi connectivity index (χ3n) is 4.82. The van der Waals surface area contributed by atoms with Gasteiger partial charge < -0.3 is 0 Å². The molecule has 1 saturated heterocycles. The number of carbonyl (C=O) groups excluding carboxylic acids is 1. The highest BCUT2D eigenvalue weighted by Crippen LogP contribution is 2.38. The molecular formula is C20H14F3N3O2S2. The quantitative estimate of drug-likeness (QED) is 0.432. The number of halogens is 3. The molecule has 0 N–H and O–H groups in total. The fourth-order valence-electron chi connectivity index (χ4n) is 3.28. The van der Waals surface area contributed by atoms with Gasteiger partial charge in [0.15, 0.2) is 4.32 Å². The molecule has 1 fully saturated rings. The predicted octanol–water partition coefficient (Wildman–Crippen LogP) is 4.30. The van der Waals surface area contributed by atoms with E-state index < -0.39 is 17.6 Å². The number of thiocarbonyl (C=S) groups is 1. The molecule has 1 aromatic heterocycles. The average Bonchev–Trinajstić information content (AvgIpc) is 3.09. The lowest BCUT2D eigenvalue weighted by Gasteiger charge is -2.16. The molecule has 1 amide bonds. The molecule has 1 aliphatic rings. The number of amides is 1. The van der Waals surface area contributed by atoms with Crippen molar-refractivity contribution >= 4 is 57.0 Å². The standard InChI is InChI=1S/C20H14F3N3O2S2/c1-24-14-7-6-11(8-15(14)25(2)18(24)28)9-16-17(27)26(19(29)30-16)13-5-3-4-12(10-13)20(21,22)23/h3-10H,1-2H3. The molecule has 10 heteroatoms. The Hall–Kier alpha value is -2.85. The minimum absolute atomic E-state index is 0.0663. The second kappa shape index (κ2) is 7.13. The number of alkyl halides is 3. The number of fused-ring (bicyclic) bond motifs is 1. The lowest BCUT2D eigenvalue weighted by molar-refractivity contribution is -0.137. The van der Waals surface area contributed by atoms with Crippen molar-refractivity contribution in [2.45, 2.75) is 6.18 Å². The van der Waals surface area contributed by atoms with Crippen LogP contribution in [0.4, 0.5) is 18.9 Å². The first-order valence-corrected chi connectivity index (χ1v) is 9.91. The van der Waals surface area contributed by atoms with Gasteiger partial charge in [0.2, 0.25) is 0 Å². The van der Waals surface area contributed by atoms with Gasteiger partial charge in [-0.1, -0.05) is 36.1 Å². The number of aryl methyl sites for hydroxylation is 2. The van der Waals surface area contributed by atoms with Crippen LogP contribution in [0, 0.1) is 0 Å². The van der Waals surface area contributed by atoms with Crippen molar-refractivity contribution in [1.29, 1.82) is 0 Å². The first-order valence-electron chi connectivity index (χ1n) is 8.68. The predicted molar refractivity (Wildman–Crippen MR) is 115 cm³/mol. The summed E-state index contributed by atoms with van der Waals surface area (Å²) in [5, 5.41) is 0.